The lowest BCUT2D eigenvalue weighted by molar-refractivity contribution is -0.121. The highest BCUT2D eigenvalue weighted by Gasteiger charge is 2.29. The van der Waals surface area contributed by atoms with Crippen LogP contribution in [0.1, 0.15) is 29.0 Å². The molecule has 154 valence electrons. The minimum atomic E-state index is -0.340. The molecular weight excluding hydrogens is 398 g/mol. The fraction of sp³-hybridized carbons (Fsp3) is 0.261. The number of amides is 2. The normalized spacial score (nSPS) is 15.9. The Bertz CT molecular complexity index is 992. The van der Waals surface area contributed by atoms with Crippen molar-refractivity contribution < 1.29 is 14.3 Å². The average molecular weight is 422 g/mol. The fourth-order valence-corrected chi connectivity index (χ4v) is 4.06. The van der Waals surface area contributed by atoms with E-state index in [1.165, 1.54) is 11.8 Å². The van der Waals surface area contributed by atoms with Crippen molar-refractivity contribution in [1.82, 2.24) is 10.6 Å². The second-order valence-electron chi connectivity index (χ2n) is 6.98. The number of thioether (sulfide) groups is 1. The van der Waals surface area contributed by atoms with Gasteiger partial charge in [-0.05, 0) is 30.2 Å². The molecule has 0 saturated heterocycles. The van der Waals surface area contributed by atoms with E-state index >= 15 is 0 Å². The first kappa shape index (κ1) is 21.5. The summed E-state index contributed by atoms with van der Waals surface area (Å²) in [6, 6.07) is 17.5. The van der Waals surface area contributed by atoms with E-state index < -0.39 is 0 Å². The first-order valence-electron chi connectivity index (χ1n) is 9.53. The number of nitriles is 1. The molecule has 0 aliphatic carbocycles. The number of benzene rings is 2. The molecule has 0 fully saturated rings. The van der Waals surface area contributed by atoms with E-state index in [-0.39, 0.29) is 29.9 Å². The van der Waals surface area contributed by atoms with Gasteiger partial charge in [-0.1, -0.05) is 53.7 Å². The molecule has 0 bridgehead atoms. The number of carbonyl (C=O) groups excluding carboxylic acids is 2. The molecule has 1 aliphatic heterocycles. The van der Waals surface area contributed by atoms with Crippen molar-refractivity contribution in [2.75, 3.05) is 12.9 Å². The molecule has 1 heterocycles. The number of rotatable bonds is 7. The van der Waals surface area contributed by atoms with Crippen LogP contribution >= 0.6 is 11.8 Å². The van der Waals surface area contributed by atoms with Gasteiger partial charge in [0.25, 0.3) is 0 Å². The molecule has 0 radical (unpaired) electrons. The quantitative estimate of drug-likeness (QED) is 0.715. The molecule has 0 aromatic heterocycles. The van der Waals surface area contributed by atoms with Crippen molar-refractivity contribution >= 4 is 23.6 Å². The summed E-state index contributed by atoms with van der Waals surface area (Å²) in [4.78, 5) is 24.5. The summed E-state index contributed by atoms with van der Waals surface area (Å²) in [5, 5.41) is 15.8. The SMILES string of the molecule is COc1ccc([C@H]2CC(=O)NC(SCC(=O)NCc3ccc(C)cc3)=C2C#N)cc1. The second-order valence-corrected chi connectivity index (χ2v) is 7.97. The molecule has 2 aromatic rings. The maximum absolute atomic E-state index is 12.3. The van der Waals surface area contributed by atoms with Crippen LogP contribution in [0.4, 0.5) is 0 Å². The van der Waals surface area contributed by atoms with Crippen molar-refractivity contribution in [3.8, 4) is 11.8 Å². The van der Waals surface area contributed by atoms with Crippen LogP contribution in [0, 0.1) is 18.3 Å². The Labute approximate surface area is 180 Å². The third-order valence-corrected chi connectivity index (χ3v) is 5.85. The number of carbonyl (C=O) groups is 2. The van der Waals surface area contributed by atoms with Crippen LogP contribution in [0.2, 0.25) is 0 Å². The third kappa shape index (κ3) is 5.43. The van der Waals surface area contributed by atoms with Crippen molar-refractivity contribution in [3.05, 3.63) is 75.8 Å². The van der Waals surface area contributed by atoms with Crippen LogP contribution in [-0.4, -0.2) is 24.7 Å². The summed E-state index contributed by atoms with van der Waals surface area (Å²) in [5.41, 5.74) is 3.51. The van der Waals surface area contributed by atoms with E-state index in [2.05, 4.69) is 16.7 Å². The van der Waals surface area contributed by atoms with Crippen LogP contribution < -0.4 is 15.4 Å². The van der Waals surface area contributed by atoms with Gasteiger partial charge in [-0.2, -0.15) is 5.26 Å². The topological polar surface area (TPSA) is 91.2 Å². The van der Waals surface area contributed by atoms with Crippen molar-refractivity contribution in [3.63, 3.8) is 0 Å². The van der Waals surface area contributed by atoms with E-state index in [0.29, 0.717) is 22.9 Å². The summed E-state index contributed by atoms with van der Waals surface area (Å²) in [6.45, 7) is 2.45. The fourth-order valence-electron chi connectivity index (χ4n) is 3.15. The molecule has 0 saturated carbocycles. The lowest BCUT2D eigenvalue weighted by Gasteiger charge is -2.25. The number of ether oxygens (including phenoxy) is 1. The standard InChI is InChI=1S/C23H23N3O3S/c1-15-3-5-16(6-4-15)13-25-22(28)14-30-23-20(12-24)19(11-21(27)26-23)17-7-9-18(29-2)10-8-17/h3-10,19H,11,13-14H2,1-2H3,(H,25,28)(H,26,27)/t19-/m1/s1. The molecule has 3 rings (SSSR count). The number of hydrogen-bond acceptors (Lipinski definition) is 5. The Morgan fingerprint density at radius 2 is 1.93 bits per heavy atom. The molecule has 2 N–H and O–H groups in total. The molecule has 2 aromatic carbocycles. The summed E-state index contributed by atoms with van der Waals surface area (Å²) >= 11 is 1.17. The van der Waals surface area contributed by atoms with Crippen LogP contribution in [0.5, 0.6) is 5.75 Å². The number of allylic oxidation sites excluding steroid dienone is 1. The van der Waals surface area contributed by atoms with Gasteiger partial charge in [-0.3, -0.25) is 9.59 Å². The van der Waals surface area contributed by atoms with Gasteiger partial charge in [0.2, 0.25) is 11.8 Å². The first-order chi connectivity index (χ1) is 14.5. The highest BCUT2D eigenvalue weighted by Crippen LogP contribution is 2.36. The lowest BCUT2D eigenvalue weighted by Crippen LogP contribution is -2.32. The lowest BCUT2D eigenvalue weighted by atomic mass is 9.87. The summed E-state index contributed by atoms with van der Waals surface area (Å²) in [5.74, 6) is 0.153. The number of methoxy groups -OCH3 is 1. The Morgan fingerprint density at radius 1 is 1.23 bits per heavy atom. The van der Waals surface area contributed by atoms with Gasteiger partial charge in [0.1, 0.15) is 5.75 Å². The molecule has 1 atom stereocenters. The molecule has 1 aliphatic rings. The Hall–Kier alpha value is -3.24. The summed E-state index contributed by atoms with van der Waals surface area (Å²) in [6.07, 6.45) is 0.193. The Kier molecular flexibility index (Phi) is 7.15. The van der Waals surface area contributed by atoms with Crippen LogP contribution in [0.15, 0.2) is 59.1 Å². The van der Waals surface area contributed by atoms with Gasteiger partial charge in [-0.15, -0.1) is 0 Å². The Balaban J connectivity index is 1.66. The van der Waals surface area contributed by atoms with E-state index in [4.69, 9.17) is 4.74 Å². The zero-order valence-electron chi connectivity index (χ0n) is 16.9. The second kappa shape index (κ2) is 9.99. The van der Waals surface area contributed by atoms with Gasteiger partial charge < -0.3 is 15.4 Å². The molecule has 6 nitrogen and oxygen atoms in total. The van der Waals surface area contributed by atoms with Crippen molar-refractivity contribution in [2.24, 2.45) is 0 Å². The van der Waals surface area contributed by atoms with Crippen molar-refractivity contribution in [2.45, 2.75) is 25.8 Å². The Morgan fingerprint density at radius 3 is 2.57 bits per heavy atom. The van der Waals surface area contributed by atoms with Gasteiger partial charge in [-0.25, -0.2) is 0 Å². The highest BCUT2D eigenvalue weighted by atomic mass is 32.2. The van der Waals surface area contributed by atoms with E-state index in [1.807, 2.05) is 55.5 Å². The first-order valence-corrected chi connectivity index (χ1v) is 10.5. The zero-order valence-corrected chi connectivity index (χ0v) is 17.7. The van der Waals surface area contributed by atoms with Gasteiger partial charge in [0, 0.05) is 18.9 Å². The number of aryl methyl sites for hydroxylation is 1. The predicted octanol–water partition coefficient (Wildman–Crippen LogP) is 3.39. The van der Waals surface area contributed by atoms with Crippen LogP contribution in [-0.2, 0) is 16.1 Å². The van der Waals surface area contributed by atoms with E-state index in [1.54, 1.807) is 7.11 Å². The van der Waals surface area contributed by atoms with Gasteiger partial charge >= 0.3 is 0 Å². The maximum Gasteiger partial charge on any atom is 0.230 e. The van der Waals surface area contributed by atoms with Crippen molar-refractivity contribution in [1.29, 1.82) is 5.26 Å². The molecule has 0 spiro atoms. The van der Waals surface area contributed by atoms with Crippen LogP contribution in [0.3, 0.4) is 0 Å². The average Bonchev–Trinajstić information content (AvgIpc) is 2.77. The molecular formula is C23H23N3O3S. The smallest absolute Gasteiger partial charge is 0.230 e. The van der Waals surface area contributed by atoms with Gasteiger partial charge in [0.05, 0.1) is 29.5 Å². The number of nitrogens with one attached hydrogen (secondary N) is 2. The molecule has 7 heteroatoms. The van der Waals surface area contributed by atoms with Crippen LogP contribution in [0.25, 0.3) is 0 Å². The van der Waals surface area contributed by atoms with E-state index in [0.717, 1.165) is 16.7 Å². The number of nitrogens with zero attached hydrogens (tertiary/aromatic N) is 1. The third-order valence-electron chi connectivity index (χ3n) is 4.83. The summed E-state index contributed by atoms with van der Waals surface area (Å²) < 4.78 is 5.17. The zero-order chi connectivity index (χ0) is 21.5. The largest absolute Gasteiger partial charge is 0.497 e. The maximum atomic E-state index is 12.3. The highest BCUT2D eigenvalue weighted by molar-refractivity contribution is 8.03. The molecule has 30 heavy (non-hydrogen) atoms. The minimum Gasteiger partial charge on any atom is -0.497 e. The van der Waals surface area contributed by atoms with E-state index in [9.17, 15) is 14.9 Å². The summed E-state index contributed by atoms with van der Waals surface area (Å²) in [7, 11) is 1.59. The monoisotopic (exact) mass is 421 g/mol. The molecule has 0 unspecified atom stereocenters. The minimum absolute atomic E-state index is 0.113. The molecule has 2 amide bonds. The number of hydrogen-bond donors (Lipinski definition) is 2. The van der Waals surface area contributed by atoms with Gasteiger partial charge in [0.15, 0.2) is 0 Å². The predicted molar refractivity (Wildman–Crippen MR) is 117 cm³/mol.